The van der Waals surface area contributed by atoms with Gasteiger partial charge in [0.1, 0.15) is 18.1 Å². The zero-order valence-electron chi connectivity index (χ0n) is 12.3. The molecule has 1 heterocycles. The molecule has 1 fully saturated rings. The van der Waals surface area contributed by atoms with Crippen LogP contribution in [0.2, 0.25) is 0 Å². The van der Waals surface area contributed by atoms with Gasteiger partial charge in [0, 0.05) is 17.0 Å². The van der Waals surface area contributed by atoms with Crippen LogP contribution in [0.15, 0.2) is 18.2 Å². The van der Waals surface area contributed by atoms with Crippen LogP contribution in [0, 0.1) is 5.41 Å². The standard InChI is InChI=1S/C14H16F3NO4/c1-13(2)7-21-12(19)18-11(13)9-5-4-8(6-10(9)20-3)22-14(15,16)17/h4-6,11H,7H2,1-3H3,(H,18,19)/t11-/m1/s1. The summed E-state index contributed by atoms with van der Waals surface area (Å²) in [5, 5.41) is 2.66. The first-order valence-electron chi connectivity index (χ1n) is 6.49. The number of halogens is 3. The lowest BCUT2D eigenvalue weighted by Crippen LogP contribution is -2.47. The minimum atomic E-state index is -4.78. The van der Waals surface area contributed by atoms with E-state index in [0.717, 1.165) is 6.07 Å². The highest BCUT2D eigenvalue weighted by molar-refractivity contribution is 5.69. The molecule has 1 aromatic carbocycles. The molecule has 0 radical (unpaired) electrons. The van der Waals surface area contributed by atoms with E-state index in [4.69, 9.17) is 9.47 Å². The van der Waals surface area contributed by atoms with E-state index in [0.29, 0.717) is 5.56 Å². The molecule has 122 valence electrons. The molecule has 1 saturated heterocycles. The van der Waals surface area contributed by atoms with E-state index >= 15 is 0 Å². The normalized spacial score (nSPS) is 20.8. The monoisotopic (exact) mass is 319 g/mol. The van der Waals surface area contributed by atoms with Gasteiger partial charge < -0.3 is 19.5 Å². The average Bonchev–Trinajstić information content (AvgIpc) is 2.40. The Morgan fingerprint density at radius 1 is 1.36 bits per heavy atom. The lowest BCUT2D eigenvalue weighted by atomic mass is 9.80. The van der Waals surface area contributed by atoms with Crippen LogP contribution < -0.4 is 14.8 Å². The number of carbonyl (C=O) groups excluding carboxylic acids is 1. The van der Waals surface area contributed by atoms with E-state index in [1.165, 1.54) is 19.2 Å². The van der Waals surface area contributed by atoms with E-state index in [1.807, 2.05) is 13.8 Å². The van der Waals surface area contributed by atoms with Crippen LogP contribution in [0.3, 0.4) is 0 Å². The fraction of sp³-hybridized carbons (Fsp3) is 0.500. The van der Waals surface area contributed by atoms with Gasteiger partial charge in [-0.15, -0.1) is 13.2 Å². The molecule has 2 rings (SSSR count). The summed E-state index contributed by atoms with van der Waals surface area (Å²) in [6.07, 6.45) is -5.36. The van der Waals surface area contributed by atoms with Crippen LogP contribution in [0.1, 0.15) is 25.5 Å². The van der Waals surface area contributed by atoms with Crippen molar-refractivity contribution in [1.29, 1.82) is 0 Å². The maximum Gasteiger partial charge on any atom is 0.573 e. The van der Waals surface area contributed by atoms with E-state index in [1.54, 1.807) is 0 Å². The molecule has 1 aliphatic heterocycles. The molecule has 1 N–H and O–H groups in total. The molecule has 0 unspecified atom stereocenters. The van der Waals surface area contributed by atoms with Crippen LogP contribution >= 0.6 is 0 Å². The van der Waals surface area contributed by atoms with Crippen LogP contribution in [0.4, 0.5) is 18.0 Å². The molecule has 1 atom stereocenters. The number of cyclic esters (lactones) is 1. The SMILES string of the molecule is COc1cc(OC(F)(F)F)ccc1[C@H]1NC(=O)OCC1(C)C. The van der Waals surface area contributed by atoms with Crippen LogP contribution in [-0.2, 0) is 4.74 Å². The van der Waals surface area contributed by atoms with E-state index in [9.17, 15) is 18.0 Å². The second kappa shape index (κ2) is 5.58. The van der Waals surface area contributed by atoms with Gasteiger partial charge in [0.05, 0.1) is 13.2 Å². The number of rotatable bonds is 3. The number of alkyl carbamates (subject to hydrolysis) is 1. The fourth-order valence-corrected chi connectivity index (χ4v) is 2.32. The van der Waals surface area contributed by atoms with Gasteiger partial charge in [0.2, 0.25) is 0 Å². The predicted octanol–water partition coefficient (Wildman–Crippen LogP) is 3.40. The Kier molecular flexibility index (Phi) is 4.12. The minimum Gasteiger partial charge on any atom is -0.496 e. The average molecular weight is 319 g/mol. The third-order valence-electron chi connectivity index (χ3n) is 3.37. The Morgan fingerprint density at radius 2 is 2.05 bits per heavy atom. The van der Waals surface area contributed by atoms with Gasteiger partial charge in [-0.05, 0) is 12.1 Å². The lowest BCUT2D eigenvalue weighted by molar-refractivity contribution is -0.274. The topological polar surface area (TPSA) is 56.8 Å². The molecule has 0 bridgehead atoms. The van der Waals surface area contributed by atoms with Crippen LogP contribution in [-0.4, -0.2) is 26.2 Å². The molecular weight excluding hydrogens is 303 g/mol. The molecule has 0 saturated carbocycles. The van der Waals surface area contributed by atoms with Gasteiger partial charge in [0.15, 0.2) is 0 Å². The zero-order chi connectivity index (χ0) is 16.5. The molecule has 1 aromatic rings. The minimum absolute atomic E-state index is 0.188. The predicted molar refractivity (Wildman–Crippen MR) is 70.7 cm³/mol. The summed E-state index contributed by atoms with van der Waals surface area (Å²) in [5.74, 6) is -0.189. The summed E-state index contributed by atoms with van der Waals surface area (Å²) in [6, 6.07) is 3.31. The van der Waals surface area contributed by atoms with Gasteiger partial charge in [0.25, 0.3) is 0 Å². The fourth-order valence-electron chi connectivity index (χ4n) is 2.32. The first-order valence-corrected chi connectivity index (χ1v) is 6.49. The Morgan fingerprint density at radius 3 is 2.64 bits per heavy atom. The van der Waals surface area contributed by atoms with E-state index in [2.05, 4.69) is 10.1 Å². The number of methoxy groups -OCH3 is 1. The van der Waals surface area contributed by atoms with Crippen LogP contribution in [0.25, 0.3) is 0 Å². The Balaban J connectivity index is 2.36. The molecule has 1 aliphatic rings. The first kappa shape index (κ1) is 16.3. The van der Waals surface area contributed by atoms with Crippen molar-refractivity contribution in [3.05, 3.63) is 23.8 Å². The number of carbonyl (C=O) groups is 1. The number of hydrogen-bond acceptors (Lipinski definition) is 4. The van der Waals surface area contributed by atoms with Gasteiger partial charge in [-0.3, -0.25) is 0 Å². The number of nitrogens with one attached hydrogen (secondary N) is 1. The summed E-state index contributed by atoms with van der Waals surface area (Å²) >= 11 is 0. The van der Waals surface area contributed by atoms with Crippen molar-refractivity contribution in [1.82, 2.24) is 5.32 Å². The van der Waals surface area contributed by atoms with E-state index in [-0.39, 0.29) is 18.1 Å². The van der Waals surface area contributed by atoms with E-state index < -0.39 is 23.9 Å². The molecule has 1 amide bonds. The smallest absolute Gasteiger partial charge is 0.496 e. The van der Waals surface area contributed by atoms with Gasteiger partial charge in [-0.1, -0.05) is 13.8 Å². The maximum atomic E-state index is 12.3. The summed E-state index contributed by atoms with van der Waals surface area (Å²) in [7, 11) is 1.34. The lowest BCUT2D eigenvalue weighted by Gasteiger charge is -2.39. The second-order valence-electron chi connectivity index (χ2n) is 5.59. The molecule has 22 heavy (non-hydrogen) atoms. The zero-order valence-corrected chi connectivity index (χ0v) is 12.3. The van der Waals surface area contributed by atoms with Crippen molar-refractivity contribution in [2.75, 3.05) is 13.7 Å². The van der Waals surface area contributed by atoms with Gasteiger partial charge in [-0.2, -0.15) is 0 Å². The van der Waals surface area contributed by atoms with Crippen molar-refractivity contribution in [3.8, 4) is 11.5 Å². The van der Waals surface area contributed by atoms with Crippen molar-refractivity contribution in [2.45, 2.75) is 26.3 Å². The molecule has 5 nitrogen and oxygen atoms in total. The van der Waals surface area contributed by atoms with Gasteiger partial charge >= 0.3 is 12.5 Å². The Bertz CT molecular complexity index is 572. The number of benzene rings is 1. The quantitative estimate of drug-likeness (QED) is 0.928. The highest BCUT2D eigenvalue weighted by Gasteiger charge is 2.39. The Labute approximate surface area is 125 Å². The third kappa shape index (κ3) is 3.55. The largest absolute Gasteiger partial charge is 0.573 e. The molecule has 8 heteroatoms. The molecule has 0 spiro atoms. The van der Waals surface area contributed by atoms with Crippen LogP contribution in [0.5, 0.6) is 11.5 Å². The summed E-state index contributed by atoms with van der Waals surface area (Å²) in [5.41, 5.74) is 0.104. The number of ether oxygens (including phenoxy) is 3. The van der Waals surface area contributed by atoms with Crippen molar-refractivity contribution < 1.29 is 32.2 Å². The summed E-state index contributed by atoms with van der Waals surface area (Å²) < 4.78 is 50.8. The summed E-state index contributed by atoms with van der Waals surface area (Å²) in [4.78, 5) is 11.4. The molecule has 0 aliphatic carbocycles. The number of amides is 1. The van der Waals surface area contributed by atoms with Crippen molar-refractivity contribution in [3.63, 3.8) is 0 Å². The van der Waals surface area contributed by atoms with Gasteiger partial charge in [-0.25, -0.2) is 4.79 Å². The Hall–Kier alpha value is -2.12. The maximum absolute atomic E-state index is 12.3. The van der Waals surface area contributed by atoms with Crippen molar-refractivity contribution >= 4 is 6.09 Å². The second-order valence-corrected chi connectivity index (χ2v) is 5.59. The number of hydrogen-bond donors (Lipinski definition) is 1. The highest BCUT2D eigenvalue weighted by Crippen LogP contribution is 2.41. The molecular formula is C14H16F3NO4. The summed E-state index contributed by atoms with van der Waals surface area (Å²) in [6.45, 7) is 3.93. The van der Waals surface area contributed by atoms with Crippen molar-refractivity contribution in [2.24, 2.45) is 5.41 Å². The number of alkyl halides is 3. The highest BCUT2D eigenvalue weighted by atomic mass is 19.4. The third-order valence-corrected chi connectivity index (χ3v) is 3.37. The first-order chi connectivity index (χ1) is 10.1. The molecule has 0 aromatic heterocycles.